The van der Waals surface area contributed by atoms with Gasteiger partial charge in [0.2, 0.25) is 0 Å². The molecular weight excluding hydrogens is 262 g/mol. The maximum atomic E-state index is 9.71. The van der Waals surface area contributed by atoms with Gasteiger partial charge in [-0.15, -0.1) is 0 Å². The molecule has 0 amide bonds. The Balaban J connectivity index is 2.44. The summed E-state index contributed by atoms with van der Waals surface area (Å²) in [6.07, 6.45) is 0. The number of aryl methyl sites for hydroxylation is 2. The van der Waals surface area contributed by atoms with Crippen molar-refractivity contribution in [2.24, 2.45) is 0 Å². The lowest BCUT2D eigenvalue weighted by Gasteiger charge is -2.15. The van der Waals surface area contributed by atoms with Crippen LogP contribution in [0.1, 0.15) is 11.1 Å². The molecule has 2 aromatic carbocycles. The molecule has 0 aromatic heterocycles. The van der Waals surface area contributed by atoms with E-state index in [1.54, 1.807) is 19.1 Å². The van der Waals surface area contributed by atoms with E-state index in [2.05, 4.69) is 5.32 Å². The van der Waals surface area contributed by atoms with Gasteiger partial charge in [-0.05, 0) is 49.2 Å². The van der Waals surface area contributed by atoms with E-state index in [-0.39, 0.29) is 10.8 Å². The number of benzene rings is 2. The maximum Gasteiger partial charge on any atom is 0.139 e. The SMILES string of the molecule is Cc1cc(N)ccc1Nc1cc(C)c(O)c(Cl)c1N. The summed E-state index contributed by atoms with van der Waals surface area (Å²) in [5.41, 5.74) is 15.9. The molecular formula is C14H16ClN3O. The van der Waals surface area contributed by atoms with Crippen molar-refractivity contribution in [2.75, 3.05) is 16.8 Å². The minimum atomic E-state index is 0.0127. The first-order valence-electron chi connectivity index (χ1n) is 5.81. The first-order chi connectivity index (χ1) is 8.90. The Kier molecular flexibility index (Phi) is 3.44. The van der Waals surface area contributed by atoms with Crippen LogP contribution in [-0.2, 0) is 0 Å². The largest absolute Gasteiger partial charge is 0.506 e. The predicted molar refractivity (Wildman–Crippen MR) is 81.1 cm³/mol. The van der Waals surface area contributed by atoms with Gasteiger partial charge >= 0.3 is 0 Å². The Morgan fingerprint density at radius 3 is 2.37 bits per heavy atom. The number of nitrogens with one attached hydrogen (secondary N) is 1. The fourth-order valence-corrected chi connectivity index (χ4v) is 2.11. The van der Waals surface area contributed by atoms with Gasteiger partial charge in [-0.25, -0.2) is 0 Å². The zero-order chi connectivity index (χ0) is 14.2. The summed E-state index contributed by atoms with van der Waals surface area (Å²) in [6, 6.07) is 7.31. The molecule has 5 heteroatoms. The molecule has 0 bridgehead atoms. The van der Waals surface area contributed by atoms with Crippen LogP contribution >= 0.6 is 11.6 Å². The zero-order valence-corrected chi connectivity index (χ0v) is 11.5. The van der Waals surface area contributed by atoms with E-state index in [1.807, 2.05) is 19.1 Å². The molecule has 19 heavy (non-hydrogen) atoms. The molecule has 0 spiro atoms. The third-order valence-corrected chi connectivity index (χ3v) is 3.37. The summed E-state index contributed by atoms with van der Waals surface area (Å²) in [4.78, 5) is 0. The average molecular weight is 278 g/mol. The van der Waals surface area contributed by atoms with Gasteiger partial charge in [0, 0.05) is 11.4 Å². The van der Waals surface area contributed by atoms with Gasteiger partial charge in [-0.1, -0.05) is 11.6 Å². The van der Waals surface area contributed by atoms with Crippen LogP contribution in [0.25, 0.3) is 0 Å². The Morgan fingerprint density at radius 1 is 1.05 bits per heavy atom. The summed E-state index contributed by atoms with van der Waals surface area (Å²) in [5, 5.41) is 13.1. The van der Waals surface area contributed by atoms with Gasteiger partial charge in [0.1, 0.15) is 10.8 Å². The fraction of sp³-hybridized carbons (Fsp3) is 0.143. The van der Waals surface area contributed by atoms with E-state index in [9.17, 15) is 5.11 Å². The van der Waals surface area contributed by atoms with Crippen molar-refractivity contribution in [3.8, 4) is 5.75 Å². The smallest absolute Gasteiger partial charge is 0.139 e. The predicted octanol–water partition coefficient (Wildman–Crippen LogP) is 3.57. The van der Waals surface area contributed by atoms with Gasteiger partial charge in [0.05, 0.1) is 11.4 Å². The van der Waals surface area contributed by atoms with Crippen LogP contribution in [0.2, 0.25) is 5.02 Å². The van der Waals surface area contributed by atoms with E-state index in [4.69, 9.17) is 23.1 Å². The Bertz CT molecular complexity index is 641. The number of halogens is 1. The molecule has 4 nitrogen and oxygen atoms in total. The van der Waals surface area contributed by atoms with Crippen molar-refractivity contribution in [1.29, 1.82) is 0 Å². The lowest BCUT2D eigenvalue weighted by atomic mass is 10.1. The van der Waals surface area contributed by atoms with Crippen molar-refractivity contribution < 1.29 is 5.11 Å². The third-order valence-electron chi connectivity index (χ3n) is 2.99. The van der Waals surface area contributed by atoms with Gasteiger partial charge in [0.15, 0.2) is 0 Å². The highest BCUT2D eigenvalue weighted by molar-refractivity contribution is 6.35. The van der Waals surface area contributed by atoms with E-state index in [0.29, 0.717) is 22.6 Å². The minimum absolute atomic E-state index is 0.0127. The summed E-state index contributed by atoms with van der Waals surface area (Å²) in [5.74, 6) is 0.0127. The Labute approximate surface area is 117 Å². The summed E-state index contributed by atoms with van der Waals surface area (Å²) in [6.45, 7) is 3.71. The molecule has 0 aliphatic carbocycles. The molecule has 0 unspecified atom stereocenters. The van der Waals surface area contributed by atoms with Gasteiger partial charge in [0.25, 0.3) is 0 Å². The second-order valence-corrected chi connectivity index (χ2v) is 4.89. The highest BCUT2D eigenvalue weighted by atomic mass is 35.5. The number of nitrogen functional groups attached to an aromatic ring is 2. The van der Waals surface area contributed by atoms with Crippen LogP contribution in [0.4, 0.5) is 22.7 Å². The van der Waals surface area contributed by atoms with Crippen molar-refractivity contribution in [3.05, 3.63) is 40.4 Å². The first-order valence-corrected chi connectivity index (χ1v) is 6.18. The molecule has 0 fully saturated rings. The lowest BCUT2D eigenvalue weighted by Crippen LogP contribution is -2.00. The number of aromatic hydroxyl groups is 1. The number of anilines is 4. The first kappa shape index (κ1) is 13.4. The summed E-state index contributed by atoms with van der Waals surface area (Å²) in [7, 11) is 0. The molecule has 2 rings (SSSR count). The Hall–Kier alpha value is -2.07. The molecule has 0 radical (unpaired) electrons. The molecule has 6 N–H and O–H groups in total. The lowest BCUT2D eigenvalue weighted by molar-refractivity contribution is 0.472. The van der Waals surface area contributed by atoms with Crippen LogP contribution < -0.4 is 16.8 Å². The molecule has 0 atom stereocenters. The maximum absolute atomic E-state index is 9.71. The molecule has 0 aliphatic rings. The van der Waals surface area contributed by atoms with Crippen LogP contribution in [0, 0.1) is 13.8 Å². The van der Waals surface area contributed by atoms with Crippen LogP contribution in [0.3, 0.4) is 0 Å². The van der Waals surface area contributed by atoms with E-state index >= 15 is 0 Å². The number of hydrogen-bond donors (Lipinski definition) is 4. The van der Waals surface area contributed by atoms with Crippen molar-refractivity contribution in [1.82, 2.24) is 0 Å². The highest BCUT2D eigenvalue weighted by Crippen LogP contribution is 2.39. The molecule has 0 saturated heterocycles. The second-order valence-electron chi connectivity index (χ2n) is 4.52. The standard InChI is InChI=1S/C14H16ClN3O/c1-7-5-9(16)3-4-10(7)18-11-6-8(2)14(19)12(15)13(11)17/h3-6,18-19H,16-17H2,1-2H3. The number of nitrogens with two attached hydrogens (primary N) is 2. The molecule has 100 valence electrons. The van der Waals surface area contributed by atoms with E-state index in [0.717, 1.165) is 11.3 Å². The zero-order valence-electron chi connectivity index (χ0n) is 10.8. The third kappa shape index (κ3) is 2.53. The fourth-order valence-electron chi connectivity index (χ4n) is 1.86. The molecule has 0 aliphatic heterocycles. The summed E-state index contributed by atoms with van der Waals surface area (Å²) >= 11 is 5.98. The quantitative estimate of drug-likeness (QED) is 0.499. The normalized spacial score (nSPS) is 10.5. The number of phenolic OH excluding ortho intramolecular Hbond substituents is 1. The van der Waals surface area contributed by atoms with Crippen LogP contribution in [0.15, 0.2) is 24.3 Å². The molecule has 0 saturated carbocycles. The van der Waals surface area contributed by atoms with Crippen LogP contribution in [-0.4, -0.2) is 5.11 Å². The molecule has 2 aromatic rings. The van der Waals surface area contributed by atoms with Crippen LogP contribution in [0.5, 0.6) is 5.75 Å². The number of hydrogen-bond acceptors (Lipinski definition) is 4. The monoisotopic (exact) mass is 277 g/mol. The minimum Gasteiger partial charge on any atom is -0.506 e. The summed E-state index contributed by atoms with van der Waals surface area (Å²) < 4.78 is 0. The topological polar surface area (TPSA) is 84.3 Å². The van der Waals surface area contributed by atoms with Gasteiger partial charge < -0.3 is 21.9 Å². The average Bonchev–Trinajstić information content (AvgIpc) is 2.36. The Morgan fingerprint density at radius 2 is 1.74 bits per heavy atom. The highest BCUT2D eigenvalue weighted by Gasteiger charge is 2.12. The van der Waals surface area contributed by atoms with Crippen molar-refractivity contribution in [3.63, 3.8) is 0 Å². The van der Waals surface area contributed by atoms with Gasteiger partial charge in [-0.2, -0.15) is 0 Å². The second kappa shape index (κ2) is 4.90. The van der Waals surface area contributed by atoms with Crippen molar-refractivity contribution in [2.45, 2.75) is 13.8 Å². The number of rotatable bonds is 2. The molecule has 0 heterocycles. The van der Waals surface area contributed by atoms with E-state index in [1.165, 1.54) is 0 Å². The van der Waals surface area contributed by atoms with E-state index < -0.39 is 0 Å². The van der Waals surface area contributed by atoms with Gasteiger partial charge in [-0.3, -0.25) is 0 Å². The number of phenols is 1. The van der Waals surface area contributed by atoms with Crippen molar-refractivity contribution >= 4 is 34.4 Å².